The number of halogens is 2. The van der Waals surface area contributed by atoms with Crippen molar-refractivity contribution < 1.29 is 23.1 Å². The summed E-state index contributed by atoms with van der Waals surface area (Å²) < 4.78 is 35.0. The Kier molecular flexibility index (Phi) is 8.70. The van der Waals surface area contributed by atoms with Crippen molar-refractivity contribution >= 4 is 29.1 Å². The van der Waals surface area contributed by atoms with Crippen LogP contribution in [0.4, 0.5) is 24.1 Å². The maximum absolute atomic E-state index is 14.9. The van der Waals surface area contributed by atoms with Crippen LogP contribution in [0.3, 0.4) is 0 Å². The lowest BCUT2D eigenvalue weighted by atomic mass is 9.86. The molecule has 37 heavy (non-hydrogen) atoms. The molecule has 0 bridgehead atoms. The first-order valence-electron chi connectivity index (χ1n) is 12.3. The van der Waals surface area contributed by atoms with Crippen LogP contribution >= 0.6 is 11.3 Å². The minimum absolute atomic E-state index is 0.0240. The van der Waals surface area contributed by atoms with Crippen molar-refractivity contribution in [2.75, 3.05) is 5.32 Å². The lowest BCUT2D eigenvalue weighted by molar-refractivity contribution is 0.109. The second kappa shape index (κ2) is 12.1. The molecule has 3 aromatic rings. The van der Waals surface area contributed by atoms with Crippen molar-refractivity contribution in [1.82, 2.24) is 15.6 Å². The predicted molar refractivity (Wildman–Crippen MR) is 140 cm³/mol. The van der Waals surface area contributed by atoms with Gasteiger partial charge < -0.3 is 20.7 Å². The third kappa shape index (κ3) is 7.25. The molecule has 4 rings (SSSR count). The van der Waals surface area contributed by atoms with Gasteiger partial charge in [-0.25, -0.2) is 23.4 Å². The number of benzene rings is 2. The summed E-state index contributed by atoms with van der Waals surface area (Å²) in [5, 5.41) is 8.85. The van der Waals surface area contributed by atoms with Gasteiger partial charge in [-0.05, 0) is 57.2 Å². The topological polar surface area (TPSA) is 92.3 Å². The smallest absolute Gasteiger partial charge is 0.407 e. The van der Waals surface area contributed by atoms with Crippen molar-refractivity contribution in [2.45, 2.75) is 64.1 Å². The summed E-state index contributed by atoms with van der Waals surface area (Å²) in [5.74, 6) is -1.38. The predicted octanol–water partition coefficient (Wildman–Crippen LogP) is 6.57. The summed E-state index contributed by atoms with van der Waals surface area (Å²) in [6.07, 6.45) is 4.09. The second-order valence-electron chi connectivity index (χ2n) is 9.32. The molecule has 1 aliphatic rings. The first-order chi connectivity index (χ1) is 17.8. The van der Waals surface area contributed by atoms with E-state index >= 15 is 0 Å². The Morgan fingerprint density at radius 3 is 2.41 bits per heavy atom. The molecule has 1 aromatic heterocycles. The largest absolute Gasteiger partial charge is 0.447 e. The molecule has 10 heteroatoms. The summed E-state index contributed by atoms with van der Waals surface area (Å²) in [4.78, 5) is 28.8. The van der Waals surface area contributed by atoms with Gasteiger partial charge >= 0.3 is 12.1 Å². The third-order valence-corrected chi connectivity index (χ3v) is 7.28. The lowest BCUT2D eigenvalue weighted by Gasteiger charge is -2.28. The van der Waals surface area contributed by atoms with Crippen LogP contribution in [-0.2, 0) is 11.3 Å². The van der Waals surface area contributed by atoms with Gasteiger partial charge in [0.15, 0.2) is 0 Å². The van der Waals surface area contributed by atoms with Crippen molar-refractivity contribution in [2.24, 2.45) is 0 Å². The van der Waals surface area contributed by atoms with Crippen LogP contribution in [0.25, 0.3) is 10.4 Å². The van der Waals surface area contributed by atoms with Crippen molar-refractivity contribution in [1.29, 1.82) is 0 Å². The molecule has 1 heterocycles. The Bertz CT molecular complexity index is 1200. The van der Waals surface area contributed by atoms with Gasteiger partial charge in [0.1, 0.15) is 11.6 Å². The number of carbonyl (C=O) groups excluding carboxylic acids is 2. The highest BCUT2D eigenvalue weighted by atomic mass is 32.1. The molecule has 2 aromatic carbocycles. The minimum atomic E-state index is -0.773. The van der Waals surface area contributed by atoms with E-state index in [1.807, 2.05) is 30.3 Å². The molecule has 0 unspecified atom stereocenters. The van der Waals surface area contributed by atoms with Gasteiger partial charge in [-0.1, -0.05) is 30.3 Å². The van der Waals surface area contributed by atoms with Crippen LogP contribution in [0.5, 0.6) is 0 Å². The quantitative estimate of drug-likeness (QED) is 0.323. The molecule has 0 atom stereocenters. The van der Waals surface area contributed by atoms with Crippen LogP contribution in [0.2, 0.25) is 0 Å². The Hall–Kier alpha value is -3.53. The number of hydrogen-bond donors (Lipinski definition) is 3. The van der Waals surface area contributed by atoms with Gasteiger partial charge in [0.05, 0.1) is 21.6 Å². The van der Waals surface area contributed by atoms with E-state index in [0.717, 1.165) is 48.4 Å². The third-order valence-electron chi connectivity index (χ3n) is 6.11. The monoisotopic (exact) mass is 528 g/mol. The molecule has 1 saturated carbocycles. The molecule has 0 aliphatic heterocycles. The maximum atomic E-state index is 14.9. The zero-order chi connectivity index (χ0) is 26.4. The number of carbonyl (C=O) groups is 2. The summed E-state index contributed by atoms with van der Waals surface area (Å²) in [6.45, 7) is 3.89. The number of anilines is 1. The minimum Gasteiger partial charge on any atom is -0.447 e. The van der Waals surface area contributed by atoms with E-state index in [4.69, 9.17) is 4.74 Å². The Labute approximate surface area is 218 Å². The molecule has 7 nitrogen and oxygen atoms in total. The average molecular weight is 529 g/mol. The van der Waals surface area contributed by atoms with Gasteiger partial charge in [0.25, 0.3) is 0 Å². The average Bonchev–Trinajstić information content (AvgIpc) is 3.32. The molecular formula is C27H30F2N4O3S. The fourth-order valence-electron chi connectivity index (χ4n) is 4.33. The molecular weight excluding hydrogens is 498 g/mol. The van der Waals surface area contributed by atoms with E-state index in [1.54, 1.807) is 13.8 Å². The first-order valence-corrected chi connectivity index (χ1v) is 13.1. The number of nitrogens with one attached hydrogen (secondary N) is 3. The van der Waals surface area contributed by atoms with Gasteiger partial charge in [0, 0.05) is 30.4 Å². The molecule has 3 amide bonds. The van der Waals surface area contributed by atoms with E-state index in [2.05, 4.69) is 20.9 Å². The normalized spacial score (nSPS) is 17.3. The molecule has 0 radical (unpaired) electrons. The Morgan fingerprint density at radius 1 is 1.08 bits per heavy atom. The summed E-state index contributed by atoms with van der Waals surface area (Å²) in [7, 11) is 0. The standard InChI is InChI=1S/C27H30F2N4O3S/c1-16(2)36-27(35)33-19-10-8-18(9-11-19)25-30-15-23(37-25)24-21(28)12-20(13-22(24)29)32-26(34)31-14-17-6-4-3-5-7-17/h3-7,12-13,15-16,18-19H,8-11,14H2,1-2H3,(H,33,35)(H2,31,32,34). The molecule has 196 valence electrons. The summed E-state index contributed by atoms with van der Waals surface area (Å²) in [5.41, 5.74) is 0.770. The second-order valence-corrected chi connectivity index (χ2v) is 10.4. The number of rotatable bonds is 7. The van der Waals surface area contributed by atoms with E-state index in [0.29, 0.717) is 11.4 Å². The van der Waals surface area contributed by atoms with Crippen LogP contribution in [-0.4, -0.2) is 29.3 Å². The van der Waals surface area contributed by atoms with Crippen LogP contribution in [0.1, 0.15) is 56.0 Å². The van der Waals surface area contributed by atoms with Crippen LogP contribution in [0.15, 0.2) is 48.7 Å². The number of nitrogens with zero attached hydrogens (tertiary/aromatic N) is 1. The number of hydrogen-bond acceptors (Lipinski definition) is 5. The summed E-state index contributed by atoms with van der Waals surface area (Å²) >= 11 is 1.27. The number of urea groups is 1. The first kappa shape index (κ1) is 26.5. The van der Waals surface area contributed by atoms with Crippen molar-refractivity contribution in [3.63, 3.8) is 0 Å². The van der Waals surface area contributed by atoms with Gasteiger partial charge in [0.2, 0.25) is 0 Å². The molecule has 3 N–H and O–H groups in total. The molecule has 0 spiro atoms. The number of thiazole rings is 1. The van der Waals surface area contributed by atoms with Gasteiger partial charge in [-0.3, -0.25) is 0 Å². The number of alkyl carbamates (subject to hydrolysis) is 1. The zero-order valence-corrected chi connectivity index (χ0v) is 21.5. The molecule has 1 aliphatic carbocycles. The van der Waals surface area contributed by atoms with Crippen molar-refractivity contribution in [3.8, 4) is 10.4 Å². The lowest BCUT2D eigenvalue weighted by Crippen LogP contribution is -2.38. The van der Waals surface area contributed by atoms with Gasteiger partial charge in [-0.2, -0.15) is 0 Å². The highest BCUT2D eigenvalue weighted by Gasteiger charge is 2.27. The highest BCUT2D eigenvalue weighted by molar-refractivity contribution is 7.15. The van der Waals surface area contributed by atoms with Crippen LogP contribution < -0.4 is 16.0 Å². The van der Waals surface area contributed by atoms with Gasteiger partial charge in [-0.15, -0.1) is 11.3 Å². The SMILES string of the molecule is CC(C)OC(=O)NC1CCC(c2ncc(-c3c(F)cc(NC(=O)NCc4ccccc4)cc3F)s2)CC1. The molecule has 0 saturated heterocycles. The van der Waals surface area contributed by atoms with E-state index in [9.17, 15) is 18.4 Å². The van der Waals surface area contributed by atoms with E-state index in [1.165, 1.54) is 17.5 Å². The fourth-order valence-corrected chi connectivity index (χ4v) is 5.46. The van der Waals surface area contributed by atoms with E-state index in [-0.39, 0.29) is 29.3 Å². The highest BCUT2D eigenvalue weighted by Crippen LogP contribution is 2.39. The fraction of sp³-hybridized carbons (Fsp3) is 0.370. The number of aromatic nitrogens is 1. The van der Waals surface area contributed by atoms with Crippen LogP contribution in [0, 0.1) is 11.6 Å². The van der Waals surface area contributed by atoms with Crippen molar-refractivity contribution in [3.05, 3.63) is 70.9 Å². The summed E-state index contributed by atoms with van der Waals surface area (Å²) in [6, 6.07) is 11.0. The zero-order valence-electron chi connectivity index (χ0n) is 20.7. The Balaban J connectivity index is 1.34. The number of amides is 3. The molecule has 1 fully saturated rings. The Morgan fingerprint density at radius 2 is 1.76 bits per heavy atom. The van der Waals surface area contributed by atoms with E-state index < -0.39 is 23.8 Å². The maximum Gasteiger partial charge on any atom is 0.407 e. The number of ether oxygens (including phenoxy) is 1.